The van der Waals surface area contributed by atoms with Crippen molar-refractivity contribution in [1.82, 2.24) is 4.90 Å². The molecular formula is C17H21NO2. The predicted molar refractivity (Wildman–Crippen MR) is 79.2 cm³/mol. The zero-order valence-corrected chi connectivity index (χ0v) is 11.7. The van der Waals surface area contributed by atoms with Crippen molar-refractivity contribution in [2.45, 2.75) is 32.1 Å². The average Bonchev–Trinajstić information content (AvgIpc) is 3.02. The summed E-state index contributed by atoms with van der Waals surface area (Å²) in [7, 11) is 0. The summed E-state index contributed by atoms with van der Waals surface area (Å²) in [6.45, 7) is 1.55. The van der Waals surface area contributed by atoms with Crippen LogP contribution in [0.4, 0.5) is 0 Å². The number of rotatable bonds is 2. The molecule has 1 saturated carbocycles. The van der Waals surface area contributed by atoms with Gasteiger partial charge in [-0.2, -0.15) is 0 Å². The Hall–Kier alpha value is -1.77. The third kappa shape index (κ3) is 2.72. The highest BCUT2D eigenvalue weighted by molar-refractivity contribution is 5.80. The Morgan fingerprint density at radius 2 is 1.85 bits per heavy atom. The van der Waals surface area contributed by atoms with Gasteiger partial charge in [0.1, 0.15) is 5.75 Å². The topological polar surface area (TPSA) is 40.5 Å². The first-order valence-electron chi connectivity index (χ1n) is 7.51. The van der Waals surface area contributed by atoms with E-state index in [2.05, 4.69) is 6.08 Å². The van der Waals surface area contributed by atoms with Gasteiger partial charge in [-0.1, -0.05) is 31.1 Å². The molecule has 3 rings (SSSR count). The number of hydrogen-bond acceptors (Lipinski definition) is 2. The van der Waals surface area contributed by atoms with Crippen molar-refractivity contribution in [2.75, 3.05) is 13.1 Å². The molecule has 1 N–H and O–H groups in total. The molecule has 1 aromatic rings. The van der Waals surface area contributed by atoms with Crippen molar-refractivity contribution in [1.29, 1.82) is 0 Å². The molecule has 0 unspecified atom stereocenters. The second-order valence-electron chi connectivity index (χ2n) is 5.79. The molecule has 2 aliphatic rings. The molecule has 0 bridgehead atoms. The normalized spacial score (nSPS) is 20.0. The quantitative estimate of drug-likeness (QED) is 0.897. The zero-order chi connectivity index (χ0) is 13.9. The Balaban J connectivity index is 1.65. The lowest BCUT2D eigenvalue weighted by atomic mass is 9.98. The summed E-state index contributed by atoms with van der Waals surface area (Å²) in [6.07, 6.45) is 7.62. The van der Waals surface area contributed by atoms with Crippen LogP contribution < -0.4 is 0 Å². The first-order chi connectivity index (χ1) is 9.74. The molecule has 0 spiro atoms. The van der Waals surface area contributed by atoms with E-state index in [0.717, 1.165) is 37.9 Å². The van der Waals surface area contributed by atoms with Crippen LogP contribution in [0, 0.1) is 5.92 Å². The zero-order valence-electron chi connectivity index (χ0n) is 11.7. The molecule has 0 aromatic heterocycles. The Morgan fingerprint density at radius 1 is 1.15 bits per heavy atom. The van der Waals surface area contributed by atoms with Gasteiger partial charge in [-0.25, -0.2) is 0 Å². The molecule has 106 valence electrons. The highest BCUT2D eigenvalue weighted by Gasteiger charge is 2.27. The van der Waals surface area contributed by atoms with Crippen molar-refractivity contribution >= 4 is 11.5 Å². The summed E-state index contributed by atoms with van der Waals surface area (Å²) < 4.78 is 0. The lowest BCUT2D eigenvalue weighted by molar-refractivity contribution is -0.134. The molecule has 3 nitrogen and oxygen atoms in total. The van der Waals surface area contributed by atoms with Gasteiger partial charge in [-0.3, -0.25) is 4.79 Å². The van der Waals surface area contributed by atoms with Gasteiger partial charge in [0.15, 0.2) is 0 Å². The van der Waals surface area contributed by atoms with E-state index in [4.69, 9.17) is 0 Å². The maximum atomic E-state index is 12.4. The molecule has 1 fully saturated rings. The van der Waals surface area contributed by atoms with E-state index in [-0.39, 0.29) is 5.92 Å². The molecule has 20 heavy (non-hydrogen) atoms. The van der Waals surface area contributed by atoms with Crippen LogP contribution in [0.25, 0.3) is 5.57 Å². The number of hydrogen-bond donors (Lipinski definition) is 1. The number of amides is 1. The van der Waals surface area contributed by atoms with E-state index in [1.165, 1.54) is 18.4 Å². The monoisotopic (exact) mass is 271 g/mol. The summed E-state index contributed by atoms with van der Waals surface area (Å²) >= 11 is 0. The number of aromatic hydroxyl groups is 1. The molecule has 1 aromatic carbocycles. The minimum Gasteiger partial charge on any atom is -0.508 e. The Morgan fingerprint density at radius 3 is 2.45 bits per heavy atom. The fraction of sp³-hybridized carbons (Fsp3) is 0.471. The molecule has 1 aliphatic heterocycles. The van der Waals surface area contributed by atoms with Gasteiger partial charge in [0, 0.05) is 19.0 Å². The van der Waals surface area contributed by atoms with Crippen molar-refractivity contribution in [3.63, 3.8) is 0 Å². The van der Waals surface area contributed by atoms with E-state index in [9.17, 15) is 9.90 Å². The fourth-order valence-electron chi connectivity index (χ4n) is 3.24. The second-order valence-corrected chi connectivity index (χ2v) is 5.79. The van der Waals surface area contributed by atoms with Crippen LogP contribution >= 0.6 is 0 Å². The number of benzene rings is 1. The van der Waals surface area contributed by atoms with Crippen LogP contribution in [0.1, 0.15) is 37.7 Å². The molecule has 3 heteroatoms. The molecule has 1 heterocycles. The lowest BCUT2D eigenvalue weighted by Crippen LogP contribution is -2.38. The predicted octanol–water partition coefficient (Wildman–Crippen LogP) is 3.20. The van der Waals surface area contributed by atoms with Gasteiger partial charge in [-0.05, 0) is 42.5 Å². The molecule has 0 atom stereocenters. The average molecular weight is 271 g/mol. The Labute approximate surface area is 119 Å². The number of carbonyl (C=O) groups is 1. The van der Waals surface area contributed by atoms with Gasteiger partial charge in [0.25, 0.3) is 0 Å². The number of carbonyl (C=O) groups excluding carboxylic acids is 1. The molecule has 0 radical (unpaired) electrons. The van der Waals surface area contributed by atoms with Crippen molar-refractivity contribution < 1.29 is 9.90 Å². The summed E-state index contributed by atoms with van der Waals surface area (Å²) in [6, 6.07) is 7.31. The van der Waals surface area contributed by atoms with E-state index in [0.29, 0.717) is 11.7 Å². The number of phenolic OH excluding ortho intramolecular Hbond substituents is 1. The summed E-state index contributed by atoms with van der Waals surface area (Å²) in [4.78, 5) is 14.4. The van der Waals surface area contributed by atoms with Gasteiger partial charge in [-0.15, -0.1) is 0 Å². The van der Waals surface area contributed by atoms with Gasteiger partial charge in [0.05, 0.1) is 0 Å². The second kappa shape index (κ2) is 5.70. The third-order valence-electron chi connectivity index (χ3n) is 4.46. The summed E-state index contributed by atoms with van der Waals surface area (Å²) in [5.41, 5.74) is 2.43. The number of nitrogens with zero attached hydrogens (tertiary/aromatic N) is 1. The minimum atomic E-state index is 0.277. The van der Waals surface area contributed by atoms with Crippen LogP contribution in [-0.2, 0) is 4.79 Å². The van der Waals surface area contributed by atoms with E-state index < -0.39 is 0 Å². The molecule has 1 amide bonds. The largest absolute Gasteiger partial charge is 0.508 e. The lowest BCUT2D eigenvalue weighted by Gasteiger charge is -2.29. The maximum absolute atomic E-state index is 12.4. The smallest absolute Gasteiger partial charge is 0.225 e. The molecule has 1 aliphatic carbocycles. The maximum Gasteiger partial charge on any atom is 0.225 e. The first-order valence-corrected chi connectivity index (χ1v) is 7.51. The van der Waals surface area contributed by atoms with Gasteiger partial charge >= 0.3 is 0 Å². The van der Waals surface area contributed by atoms with Crippen molar-refractivity contribution in [2.24, 2.45) is 5.92 Å². The standard InChI is InChI=1S/C17H21NO2/c19-16-7-5-13(6-8-16)14-9-11-18(12-10-14)17(20)15-3-1-2-4-15/h5-9,15,19H,1-4,10-12H2. The number of phenols is 1. The van der Waals surface area contributed by atoms with Crippen molar-refractivity contribution in [3.05, 3.63) is 35.9 Å². The highest BCUT2D eigenvalue weighted by Crippen LogP contribution is 2.29. The van der Waals surface area contributed by atoms with E-state index >= 15 is 0 Å². The van der Waals surface area contributed by atoms with Gasteiger partial charge in [0.2, 0.25) is 5.91 Å². The third-order valence-corrected chi connectivity index (χ3v) is 4.46. The summed E-state index contributed by atoms with van der Waals surface area (Å²) in [5, 5.41) is 9.32. The minimum absolute atomic E-state index is 0.277. The van der Waals surface area contributed by atoms with Crippen LogP contribution in [0.2, 0.25) is 0 Å². The molecular weight excluding hydrogens is 250 g/mol. The van der Waals surface area contributed by atoms with Crippen LogP contribution in [0.15, 0.2) is 30.3 Å². The fourth-order valence-corrected chi connectivity index (χ4v) is 3.24. The van der Waals surface area contributed by atoms with Gasteiger partial charge < -0.3 is 10.0 Å². The van der Waals surface area contributed by atoms with Crippen LogP contribution in [0.3, 0.4) is 0 Å². The SMILES string of the molecule is O=C(C1CCCC1)N1CC=C(c2ccc(O)cc2)CC1. The molecule has 0 saturated heterocycles. The highest BCUT2D eigenvalue weighted by atomic mass is 16.3. The van der Waals surface area contributed by atoms with E-state index in [1.807, 2.05) is 17.0 Å². The Kier molecular flexibility index (Phi) is 3.77. The van der Waals surface area contributed by atoms with Crippen LogP contribution in [-0.4, -0.2) is 29.0 Å². The first kappa shape index (κ1) is 13.2. The van der Waals surface area contributed by atoms with E-state index in [1.54, 1.807) is 12.1 Å². The van der Waals surface area contributed by atoms with Crippen LogP contribution in [0.5, 0.6) is 5.75 Å². The Bertz CT molecular complexity index is 512. The summed E-state index contributed by atoms with van der Waals surface area (Å²) in [5.74, 6) is 0.922. The van der Waals surface area contributed by atoms with Crippen molar-refractivity contribution in [3.8, 4) is 5.75 Å².